The summed E-state index contributed by atoms with van der Waals surface area (Å²) in [5, 5.41) is 67.7. The summed E-state index contributed by atoms with van der Waals surface area (Å²) in [5.41, 5.74) is 11.5. The van der Waals surface area contributed by atoms with E-state index >= 15 is 0 Å². The minimum atomic E-state index is -4.67. The number of alkyl halides is 1. The smallest absolute Gasteiger partial charge is 0.394 e. The van der Waals surface area contributed by atoms with Crippen molar-refractivity contribution in [3.63, 3.8) is 0 Å². The molecule has 29 nitrogen and oxygen atoms in total. The fourth-order valence-corrected chi connectivity index (χ4v) is 9.14. The maximum absolute atomic E-state index is 12.0. The molecular formula is C69H71BrN14O15S. The Hall–Kier alpha value is -11.4. The van der Waals surface area contributed by atoms with Crippen molar-refractivity contribution in [3.8, 4) is 74.5 Å². The number of halogens is 1. The third-order valence-corrected chi connectivity index (χ3v) is 13.7. The summed E-state index contributed by atoms with van der Waals surface area (Å²) in [4.78, 5) is 56.8. The summed E-state index contributed by atoms with van der Waals surface area (Å²) in [5.74, 6) is -2.12. The first-order chi connectivity index (χ1) is 47.9. The number of nitrogens with zero attached hydrogens (tertiary/aromatic N) is 13. The van der Waals surface area contributed by atoms with Gasteiger partial charge >= 0.3 is 22.3 Å². The van der Waals surface area contributed by atoms with Crippen molar-refractivity contribution in [2.24, 2.45) is 35.2 Å². The molecule has 0 bridgehead atoms. The first-order valence-corrected chi connectivity index (χ1v) is 32.5. The molecule has 2 amide bonds. The number of carbonyl (C=O) groups is 5. The predicted octanol–water partition coefficient (Wildman–Crippen LogP) is 8.51. The second kappa shape index (κ2) is 40.3. The quantitative estimate of drug-likeness (QED) is 0.0151. The van der Waals surface area contributed by atoms with Crippen molar-refractivity contribution in [3.05, 3.63) is 210 Å². The van der Waals surface area contributed by atoms with Gasteiger partial charge in [0.2, 0.25) is 0 Å². The van der Waals surface area contributed by atoms with Crippen molar-refractivity contribution in [1.29, 1.82) is 15.8 Å². The zero-order valence-corrected chi connectivity index (χ0v) is 57.5. The molecule has 11 rings (SSSR count). The van der Waals surface area contributed by atoms with E-state index in [4.69, 9.17) is 52.3 Å². The van der Waals surface area contributed by atoms with Crippen molar-refractivity contribution in [1.82, 2.24) is 54.2 Å². The van der Waals surface area contributed by atoms with Crippen LogP contribution in [0.25, 0.3) is 56.3 Å². The van der Waals surface area contributed by atoms with Gasteiger partial charge in [-0.3, -0.25) is 52.2 Å². The number of ether oxygens (including phenoxy) is 4. The van der Waals surface area contributed by atoms with Crippen molar-refractivity contribution < 1.29 is 70.7 Å². The summed E-state index contributed by atoms with van der Waals surface area (Å²) < 4.78 is 60.2. The molecule has 5 N–H and O–H groups in total. The Morgan fingerprint density at radius 3 is 1.33 bits per heavy atom. The number of amides is 2. The van der Waals surface area contributed by atoms with E-state index < -0.39 is 58.6 Å². The van der Waals surface area contributed by atoms with Crippen molar-refractivity contribution >= 4 is 56.4 Å². The Bertz CT molecular complexity index is 4500. The standard InChI is InChI=1S/C16H17N3O3.C14H13N3O3.C14H16N2O3.C12H11N3O.C11H10N2O.C2H2BrN.H2O4S/c1-3-21-16(20)15(22-10-9-17)13-11-14(19(2)18-13)12-7-5-4-6-8-12;1-17-11(9-5-3-2-4-6-9)7-10(16-17)13-14(19)15-12(18)8-20-13;1-3-19-14(18)13(17)11-9-12(16(2)15-11)10-7-5-4-6-8-10;1-15-11(9-5-3-2-4-6-9)7-10(14-15)12(16)8-13;1-13-11(7-10(8-14)12-13)9-5-3-2-4-6-9;3-1-2-4;1-5(2,3)4/h4-8,11,15H,3,10H2,1-2H3;2-7,13H,8H2,1H3,(H,15,18,19);4-9,13,17H,3H2,1-2H3;2-7,12,16H,1H3;2-8H,1H3;1H2;(H2,1,2,3,4). The second-order valence-electron chi connectivity index (χ2n) is 20.5. The Labute approximate surface area is 584 Å². The maximum atomic E-state index is 12.0. The number of benzene rings is 5. The Morgan fingerprint density at radius 2 is 0.950 bits per heavy atom. The van der Waals surface area contributed by atoms with Crippen LogP contribution in [-0.2, 0) is 83.8 Å². The van der Waals surface area contributed by atoms with Crippen LogP contribution in [0.2, 0.25) is 0 Å². The molecule has 0 radical (unpaired) electrons. The van der Waals surface area contributed by atoms with E-state index in [-0.39, 0.29) is 26.4 Å². The van der Waals surface area contributed by atoms with Gasteiger partial charge < -0.3 is 29.2 Å². The molecule has 0 aliphatic carbocycles. The van der Waals surface area contributed by atoms with Crippen LogP contribution in [0.4, 0.5) is 0 Å². The molecule has 10 aromatic rings. The van der Waals surface area contributed by atoms with Gasteiger partial charge in [-0.2, -0.15) is 49.7 Å². The van der Waals surface area contributed by atoms with Gasteiger partial charge in [-0.05, 0) is 72.0 Å². The number of esters is 2. The van der Waals surface area contributed by atoms with Gasteiger partial charge in [-0.1, -0.05) is 168 Å². The van der Waals surface area contributed by atoms with Crippen molar-refractivity contribution in [2.45, 2.75) is 38.3 Å². The van der Waals surface area contributed by atoms with Crippen LogP contribution in [0.1, 0.15) is 71.5 Å². The first-order valence-electron chi connectivity index (χ1n) is 30.0. The molecule has 0 spiro atoms. The lowest BCUT2D eigenvalue weighted by Gasteiger charge is -2.19. The minimum Gasteiger partial charge on any atom is -0.464 e. The SMILES string of the molecule is CCOC(=O)C(O)c1cc(-c2ccccc2)n(C)n1.CCOC(=O)C(OCC#N)c1cc(-c2ccccc2)n(C)n1.Cn1nc(C(O)C#N)cc1-c1ccccc1.Cn1nc(C2OCC(=O)NC2=O)cc1-c1ccccc1.Cn1nc(C=O)cc1-c1ccccc1.N#CCBr.O=S(=O)(O)O. The number of nitrogens with one attached hydrogen (secondary N) is 1. The molecule has 1 fully saturated rings. The molecule has 520 valence electrons. The third-order valence-electron chi connectivity index (χ3n) is 13.4. The van der Waals surface area contributed by atoms with E-state index in [0.717, 1.165) is 62.6 Å². The van der Waals surface area contributed by atoms with Gasteiger partial charge in [0.05, 0.1) is 59.2 Å². The molecule has 1 saturated heterocycles. The monoisotopic (exact) mass is 1450 g/mol. The van der Waals surface area contributed by atoms with Crippen LogP contribution in [0.15, 0.2) is 182 Å². The number of nitriles is 3. The lowest BCUT2D eigenvalue weighted by Crippen LogP contribution is -2.43. The highest BCUT2D eigenvalue weighted by molar-refractivity contribution is 9.09. The van der Waals surface area contributed by atoms with Crippen LogP contribution in [-0.4, -0.2) is 138 Å². The molecule has 5 aromatic carbocycles. The van der Waals surface area contributed by atoms with Gasteiger partial charge in [0.25, 0.3) is 11.8 Å². The Balaban J connectivity index is 0.000000220. The highest BCUT2D eigenvalue weighted by Gasteiger charge is 2.32. The normalized spacial score (nSPS) is 12.8. The van der Waals surface area contributed by atoms with Gasteiger partial charge in [-0.25, -0.2) is 9.59 Å². The molecule has 6 heterocycles. The third kappa shape index (κ3) is 24.6. The molecule has 4 atom stereocenters. The largest absolute Gasteiger partial charge is 0.464 e. The van der Waals surface area contributed by atoms with E-state index in [1.807, 2.05) is 171 Å². The zero-order valence-electron chi connectivity index (χ0n) is 55.1. The average Bonchev–Trinajstić information content (AvgIpc) is 1.68. The van der Waals surface area contributed by atoms with Gasteiger partial charge in [0, 0.05) is 35.2 Å². The van der Waals surface area contributed by atoms with Crippen LogP contribution in [0, 0.1) is 34.0 Å². The van der Waals surface area contributed by atoms with E-state index in [0.29, 0.717) is 33.8 Å². The van der Waals surface area contributed by atoms with Crippen molar-refractivity contribution in [2.75, 3.05) is 31.8 Å². The number of hydrogen-bond donors (Lipinski definition) is 5. The highest BCUT2D eigenvalue weighted by atomic mass is 79.9. The molecule has 31 heteroatoms. The van der Waals surface area contributed by atoms with E-state index in [1.54, 1.807) is 102 Å². The number of imide groups is 1. The summed E-state index contributed by atoms with van der Waals surface area (Å²) in [6.45, 7) is 3.54. The first kappa shape index (κ1) is 79.3. The number of morpholine rings is 1. The summed E-state index contributed by atoms with van der Waals surface area (Å²) in [6.07, 6.45) is -3.58. The highest BCUT2D eigenvalue weighted by Crippen LogP contribution is 2.29. The number of aliphatic hydroxyl groups excluding tert-OH is 2. The number of aliphatic hydroxyl groups is 2. The lowest BCUT2D eigenvalue weighted by atomic mass is 10.1. The predicted molar refractivity (Wildman–Crippen MR) is 367 cm³/mol. The molecule has 100 heavy (non-hydrogen) atoms. The molecule has 0 saturated carbocycles. The molecule has 4 unspecified atom stereocenters. The average molecular weight is 1450 g/mol. The number of hydrogen-bond acceptors (Lipinski definition) is 21. The number of carbonyl (C=O) groups excluding carboxylic acids is 5. The minimum absolute atomic E-state index is 0.131. The number of rotatable bonds is 16. The zero-order chi connectivity index (χ0) is 73.3. The van der Waals surface area contributed by atoms with Gasteiger partial charge in [0.15, 0.2) is 30.7 Å². The Kier molecular flexibility index (Phi) is 32.0. The van der Waals surface area contributed by atoms with Crippen LogP contribution >= 0.6 is 15.9 Å². The molecular weight excluding hydrogens is 1380 g/mol. The summed E-state index contributed by atoms with van der Waals surface area (Å²) >= 11 is 2.89. The molecule has 1 aliphatic heterocycles. The van der Waals surface area contributed by atoms with Gasteiger partial charge in [0.1, 0.15) is 47.8 Å². The van der Waals surface area contributed by atoms with Crippen LogP contribution in [0.5, 0.6) is 0 Å². The van der Waals surface area contributed by atoms with E-state index in [2.05, 4.69) is 46.7 Å². The summed E-state index contributed by atoms with van der Waals surface area (Å²) in [7, 11) is 4.31. The number of aromatic nitrogens is 10. The fraction of sp³-hybridized carbons (Fsp3) is 0.232. The molecule has 5 aromatic heterocycles. The van der Waals surface area contributed by atoms with Crippen LogP contribution < -0.4 is 5.32 Å². The van der Waals surface area contributed by atoms with Crippen LogP contribution in [0.3, 0.4) is 0 Å². The van der Waals surface area contributed by atoms with Gasteiger partial charge in [-0.15, -0.1) is 0 Å². The number of aldehydes is 1. The molecule has 1 aliphatic rings. The fourth-order valence-electron chi connectivity index (χ4n) is 9.14. The van der Waals surface area contributed by atoms with E-state index in [9.17, 15) is 34.2 Å². The topological polar surface area (TPSA) is 410 Å². The number of aryl methyl sites for hydroxylation is 5. The second-order valence-corrected chi connectivity index (χ2v) is 21.9. The lowest BCUT2D eigenvalue weighted by molar-refractivity contribution is -0.156. The Morgan fingerprint density at radius 1 is 0.590 bits per heavy atom. The van der Waals surface area contributed by atoms with E-state index in [1.165, 1.54) is 0 Å². The summed E-state index contributed by atoms with van der Waals surface area (Å²) in [6, 6.07) is 62.9. The maximum Gasteiger partial charge on any atom is 0.394 e.